The molecule has 4 atom stereocenters. The molecule has 5 nitrogen and oxygen atoms in total. The lowest BCUT2D eigenvalue weighted by atomic mass is 9.77. The second-order valence-corrected chi connectivity index (χ2v) is 7.29. The highest BCUT2D eigenvalue weighted by Crippen LogP contribution is 2.57. The number of epoxide rings is 1. The zero-order chi connectivity index (χ0) is 21.7. The zero-order valence-electron chi connectivity index (χ0n) is 17.8. The summed E-state index contributed by atoms with van der Waals surface area (Å²) in [6, 6.07) is -0.810. The Morgan fingerprint density at radius 3 is 2.25 bits per heavy atom. The summed E-state index contributed by atoms with van der Waals surface area (Å²) in [6.07, 6.45) is 3.71. The molecule has 1 saturated heterocycles. The molecule has 0 aliphatic carbocycles. The molecule has 1 aliphatic heterocycles. The van der Waals surface area contributed by atoms with Crippen LogP contribution in [-0.2, 0) is 9.53 Å². The maximum absolute atomic E-state index is 12.7. The summed E-state index contributed by atoms with van der Waals surface area (Å²) in [5, 5.41) is 20.8. The molecule has 0 aromatic rings. The van der Waals surface area contributed by atoms with Gasteiger partial charge in [-0.1, -0.05) is 31.6 Å². The average molecular weight is 386 g/mol. The maximum Gasteiger partial charge on any atom is 0.169 e. The van der Waals surface area contributed by atoms with Crippen molar-refractivity contribution in [3.63, 3.8) is 0 Å². The normalized spacial score (nSPS) is 27.3. The minimum atomic E-state index is -1.19. The van der Waals surface area contributed by atoms with Crippen molar-refractivity contribution >= 4 is 5.78 Å². The number of hydrogen-bond donors (Lipinski definition) is 3. The predicted molar refractivity (Wildman–Crippen MR) is 111 cm³/mol. The molecular formula is C23H31NO4. The molecule has 0 bridgehead atoms. The third-order valence-electron chi connectivity index (χ3n) is 5.18. The number of rotatable bonds is 6. The van der Waals surface area contributed by atoms with Crippen LogP contribution in [0.5, 0.6) is 0 Å². The molecule has 28 heavy (non-hydrogen) atoms. The minimum absolute atomic E-state index is 0.117. The van der Waals surface area contributed by atoms with E-state index in [1.807, 2.05) is 0 Å². The highest BCUT2D eigenvalue weighted by atomic mass is 16.6. The van der Waals surface area contributed by atoms with Crippen LogP contribution < -0.4 is 5.73 Å². The molecule has 4 N–H and O–H groups in total. The first-order valence-electron chi connectivity index (χ1n) is 9.34. The van der Waals surface area contributed by atoms with E-state index in [1.54, 1.807) is 60.6 Å². The Hall–Kier alpha value is -2.31. The van der Waals surface area contributed by atoms with Crippen molar-refractivity contribution in [3.05, 3.63) is 35.1 Å². The van der Waals surface area contributed by atoms with Crippen molar-refractivity contribution in [2.45, 2.75) is 71.8 Å². The lowest BCUT2D eigenvalue weighted by Crippen LogP contribution is -2.50. The van der Waals surface area contributed by atoms with Crippen LogP contribution in [0, 0.1) is 29.6 Å². The SMILES string of the molecule is CC#C/C=C\C#C[C@H](N)[C@]1([C@@H](C)O)O[C@]1(C)/C(C)=C(C(=O)C(C)C)/C(O)=C\C. The molecule has 0 aromatic carbocycles. The van der Waals surface area contributed by atoms with Gasteiger partial charge >= 0.3 is 0 Å². The highest BCUT2D eigenvalue weighted by molar-refractivity contribution is 6.01. The van der Waals surface area contributed by atoms with Gasteiger partial charge in [-0.3, -0.25) is 4.79 Å². The van der Waals surface area contributed by atoms with Crippen molar-refractivity contribution in [1.82, 2.24) is 0 Å². The van der Waals surface area contributed by atoms with Crippen LogP contribution in [0.3, 0.4) is 0 Å². The summed E-state index contributed by atoms with van der Waals surface area (Å²) in [7, 11) is 0. The highest BCUT2D eigenvalue weighted by Gasteiger charge is 2.73. The van der Waals surface area contributed by atoms with E-state index in [4.69, 9.17) is 10.5 Å². The Bertz CT molecular complexity index is 826. The topological polar surface area (TPSA) is 96.1 Å². The fraction of sp³-hybridized carbons (Fsp3) is 0.522. The van der Waals surface area contributed by atoms with Gasteiger partial charge in [-0.2, -0.15) is 0 Å². The van der Waals surface area contributed by atoms with E-state index in [9.17, 15) is 15.0 Å². The van der Waals surface area contributed by atoms with E-state index in [0.29, 0.717) is 5.57 Å². The van der Waals surface area contributed by atoms with Gasteiger partial charge in [-0.15, -0.1) is 5.92 Å². The Morgan fingerprint density at radius 1 is 1.21 bits per heavy atom. The van der Waals surface area contributed by atoms with Crippen LogP contribution in [0.25, 0.3) is 0 Å². The predicted octanol–water partition coefficient (Wildman–Crippen LogP) is 2.81. The molecule has 0 radical (unpaired) electrons. The van der Waals surface area contributed by atoms with Crippen molar-refractivity contribution in [3.8, 4) is 23.7 Å². The minimum Gasteiger partial charge on any atom is -0.508 e. The van der Waals surface area contributed by atoms with Gasteiger partial charge in [0.05, 0.1) is 11.7 Å². The third-order valence-corrected chi connectivity index (χ3v) is 5.18. The van der Waals surface area contributed by atoms with E-state index in [-0.39, 0.29) is 23.0 Å². The summed E-state index contributed by atoms with van der Waals surface area (Å²) in [5.41, 5.74) is 4.76. The quantitative estimate of drug-likeness (QED) is 0.215. The number of hydrogen-bond acceptors (Lipinski definition) is 5. The fourth-order valence-corrected chi connectivity index (χ4v) is 3.37. The summed E-state index contributed by atoms with van der Waals surface area (Å²) in [5.74, 6) is 10.5. The smallest absolute Gasteiger partial charge is 0.169 e. The summed E-state index contributed by atoms with van der Waals surface area (Å²) in [6.45, 7) is 12.0. The number of allylic oxidation sites excluding steroid dienone is 4. The Kier molecular flexibility index (Phi) is 7.84. The maximum atomic E-state index is 12.7. The number of carbonyl (C=O) groups is 1. The molecule has 0 amide bonds. The van der Waals surface area contributed by atoms with Gasteiger partial charge in [0.1, 0.15) is 17.4 Å². The van der Waals surface area contributed by atoms with Gasteiger partial charge in [0.2, 0.25) is 0 Å². The molecular weight excluding hydrogens is 354 g/mol. The van der Waals surface area contributed by atoms with Gasteiger partial charge in [0, 0.05) is 5.92 Å². The van der Waals surface area contributed by atoms with E-state index in [0.717, 1.165) is 0 Å². The Balaban J connectivity index is 3.45. The zero-order valence-corrected chi connectivity index (χ0v) is 17.8. The molecule has 0 unspecified atom stereocenters. The lowest BCUT2D eigenvalue weighted by Gasteiger charge is -2.25. The first-order chi connectivity index (χ1) is 13.0. The number of nitrogens with two attached hydrogens (primary N) is 1. The first kappa shape index (κ1) is 23.7. The number of aliphatic hydroxyl groups excluding tert-OH is 2. The van der Waals surface area contributed by atoms with Crippen LogP contribution in [0.4, 0.5) is 0 Å². The molecule has 0 spiro atoms. The first-order valence-corrected chi connectivity index (χ1v) is 9.34. The van der Waals surface area contributed by atoms with Crippen LogP contribution in [-0.4, -0.2) is 39.3 Å². The molecule has 152 valence electrons. The lowest BCUT2D eigenvalue weighted by molar-refractivity contribution is -0.118. The fourth-order valence-electron chi connectivity index (χ4n) is 3.37. The molecule has 1 aliphatic rings. The number of carbonyl (C=O) groups excluding carboxylic acids is 1. The monoisotopic (exact) mass is 385 g/mol. The Labute approximate surface area is 168 Å². The van der Waals surface area contributed by atoms with E-state index in [1.165, 1.54) is 6.08 Å². The standard InChI is InChI=1S/C23H31NO4/c1-8-10-11-12-13-14-19(24)23(17(6)25)22(7,28-23)16(5)20(18(26)9-2)21(27)15(3)4/h9,11-12,15,17,19,25-26H,24H2,1-7H3/b12-11-,18-9+,20-16-/t17-,19+,22-,23+/m1/s1. The van der Waals surface area contributed by atoms with Gasteiger partial charge in [-0.25, -0.2) is 0 Å². The number of ketones is 1. The number of Topliss-reactive ketones (excluding diaryl/α,β-unsaturated/α-hetero) is 1. The van der Waals surface area contributed by atoms with Crippen LogP contribution >= 0.6 is 0 Å². The Morgan fingerprint density at radius 2 is 1.79 bits per heavy atom. The van der Waals surface area contributed by atoms with Crippen molar-refractivity contribution < 1.29 is 19.7 Å². The second-order valence-electron chi connectivity index (χ2n) is 7.29. The van der Waals surface area contributed by atoms with Gasteiger partial charge in [0.15, 0.2) is 11.4 Å². The molecule has 0 aromatic heterocycles. The van der Waals surface area contributed by atoms with Crippen molar-refractivity contribution in [1.29, 1.82) is 0 Å². The van der Waals surface area contributed by atoms with Gasteiger partial charge in [0.25, 0.3) is 0 Å². The summed E-state index contributed by atoms with van der Waals surface area (Å²) < 4.78 is 5.98. The van der Waals surface area contributed by atoms with Gasteiger partial charge < -0.3 is 20.7 Å². The second kappa shape index (κ2) is 9.26. The van der Waals surface area contributed by atoms with Crippen LogP contribution in [0.15, 0.2) is 35.1 Å². The summed E-state index contributed by atoms with van der Waals surface area (Å²) in [4.78, 5) is 12.7. The molecule has 1 heterocycles. The van der Waals surface area contributed by atoms with E-state index >= 15 is 0 Å². The van der Waals surface area contributed by atoms with E-state index < -0.39 is 23.3 Å². The average Bonchev–Trinajstić information content (AvgIpc) is 3.30. The number of aliphatic hydroxyl groups is 2. The van der Waals surface area contributed by atoms with Crippen molar-refractivity contribution in [2.75, 3.05) is 0 Å². The molecule has 1 rings (SSSR count). The van der Waals surface area contributed by atoms with Crippen LogP contribution in [0.1, 0.15) is 48.5 Å². The molecule has 1 fully saturated rings. The van der Waals surface area contributed by atoms with E-state index in [2.05, 4.69) is 23.7 Å². The third kappa shape index (κ3) is 4.23. The molecule has 5 heteroatoms. The van der Waals surface area contributed by atoms with Gasteiger partial charge in [-0.05, 0) is 58.4 Å². The van der Waals surface area contributed by atoms with Crippen LogP contribution in [0.2, 0.25) is 0 Å². The van der Waals surface area contributed by atoms with Crippen molar-refractivity contribution in [2.24, 2.45) is 11.7 Å². The molecule has 0 saturated carbocycles. The summed E-state index contributed by atoms with van der Waals surface area (Å²) >= 11 is 0. The largest absolute Gasteiger partial charge is 0.508 e. The number of ether oxygens (including phenoxy) is 1.